The van der Waals surface area contributed by atoms with Crippen molar-refractivity contribution in [3.8, 4) is 0 Å². The summed E-state index contributed by atoms with van der Waals surface area (Å²) in [5.74, 6) is -3.09. The number of hydrogen-bond acceptors (Lipinski definition) is 3. The van der Waals surface area contributed by atoms with Crippen molar-refractivity contribution in [2.45, 2.75) is 24.8 Å². The van der Waals surface area contributed by atoms with Gasteiger partial charge in [0, 0.05) is 5.54 Å². The summed E-state index contributed by atoms with van der Waals surface area (Å²) in [5, 5.41) is 17.9. The second-order valence-electron chi connectivity index (χ2n) is 4.44. The van der Waals surface area contributed by atoms with Gasteiger partial charge in [0.25, 0.3) is 0 Å². The fraction of sp³-hybridized carbons (Fsp3) is 0.778. The first kappa shape index (κ1) is 9.45. The Kier molecular flexibility index (Phi) is 1.82. The summed E-state index contributed by atoms with van der Waals surface area (Å²) < 4.78 is 0. The average molecular weight is 199 g/mol. The van der Waals surface area contributed by atoms with E-state index in [2.05, 4.69) is 0 Å². The smallest absolute Gasteiger partial charge is 0.308 e. The Morgan fingerprint density at radius 1 is 1.14 bits per heavy atom. The molecule has 2 bridgehead atoms. The van der Waals surface area contributed by atoms with Crippen LogP contribution < -0.4 is 5.73 Å². The number of hydrogen-bond donors (Lipinski definition) is 3. The molecule has 14 heavy (non-hydrogen) atoms. The molecule has 0 aliphatic heterocycles. The van der Waals surface area contributed by atoms with Gasteiger partial charge in [-0.25, -0.2) is 0 Å². The maximum absolute atomic E-state index is 10.9. The lowest BCUT2D eigenvalue weighted by molar-refractivity contribution is -0.150. The minimum atomic E-state index is -1.01. The molecular formula is C9H13NO4. The number of aliphatic carboxylic acids is 2. The van der Waals surface area contributed by atoms with E-state index in [1.54, 1.807) is 0 Å². The number of carboxylic acid groups (broad SMARTS) is 2. The van der Waals surface area contributed by atoms with Crippen LogP contribution in [0.15, 0.2) is 0 Å². The minimum Gasteiger partial charge on any atom is -0.481 e. The molecular weight excluding hydrogens is 186 g/mol. The van der Waals surface area contributed by atoms with E-state index >= 15 is 0 Å². The molecule has 0 spiro atoms. The average Bonchev–Trinajstić information content (AvgIpc) is 2.54. The first-order chi connectivity index (χ1) is 6.45. The molecule has 5 heteroatoms. The molecule has 5 nitrogen and oxygen atoms in total. The SMILES string of the molecule is NC12CC(CC1C(=O)O)CC2C(=O)O. The predicted molar refractivity (Wildman–Crippen MR) is 46.5 cm³/mol. The van der Waals surface area contributed by atoms with E-state index in [1.165, 1.54) is 0 Å². The minimum absolute atomic E-state index is 0.183. The van der Waals surface area contributed by atoms with Crippen LogP contribution in [0.2, 0.25) is 0 Å². The third-order valence-corrected chi connectivity index (χ3v) is 3.67. The third kappa shape index (κ3) is 1.05. The van der Waals surface area contributed by atoms with Crippen LogP contribution in [-0.4, -0.2) is 27.7 Å². The summed E-state index contributed by atoms with van der Waals surface area (Å²) in [6.45, 7) is 0. The van der Waals surface area contributed by atoms with E-state index < -0.39 is 29.3 Å². The topological polar surface area (TPSA) is 101 Å². The van der Waals surface area contributed by atoms with Crippen LogP contribution in [0.25, 0.3) is 0 Å². The van der Waals surface area contributed by atoms with Crippen LogP contribution >= 0.6 is 0 Å². The molecule has 2 fully saturated rings. The van der Waals surface area contributed by atoms with Crippen molar-refractivity contribution in [2.24, 2.45) is 23.5 Å². The standard InChI is InChI=1S/C9H13NO4/c10-9-3-4(1-5(9)7(11)12)2-6(9)8(13)14/h4-6H,1-3,10H2,(H,11,12)(H,13,14). The number of rotatable bonds is 2. The van der Waals surface area contributed by atoms with Crippen LogP contribution in [0.4, 0.5) is 0 Å². The highest BCUT2D eigenvalue weighted by Gasteiger charge is 2.60. The number of nitrogens with two attached hydrogens (primary N) is 1. The fourth-order valence-electron chi connectivity index (χ4n) is 3.06. The lowest BCUT2D eigenvalue weighted by Crippen LogP contribution is -2.54. The number of carboxylic acids is 2. The Bertz CT molecular complexity index is 277. The van der Waals surface area contributed by atoms with Crippen molar-refractivity contribution in [1.29, 1.82) is 0 Å². The Morgan fingerprint density at radius 2 is 1.57 bits per heavy atom. The quantitative estimate of drug-likeness (QED) is 0.576. The molecule has 0 amide bonds. The molecule has 2 rings (SSSR count). The lowest BCUT2D eigenvalue weighted by atomic mass is 9.75. The Labute approximate surface area is 80.9 Å². The van der Waals surface area contributed by atoms with E-state index in [1.807, 2.05) is 0 Å². The van der Waals surface area contributed by atoms with Gasteiger partial charge < -0.3 is 15.9 Å². The monoisotopic (exact) mass is 199 g/mol. The maximum Gasteiger partial charge on any atom is 0.308 e. The first-order valence-electron chi connectivity index (χ1n) is 4.69. The van der Waals surface area contributed by atoms with Crippen molar-refractivity contribution in [3.63, 3.8) is 0 Å². The van der Waals surface area contributed by atoms with E-state index in [0.717, 1.165) is 0 Å². The first-order valence-corrected chi connectivity index (χ1v) is 4.69. The fourth-order valence-corrected chi connectivity index (χ4v) is 3.06. The zero-order chi connectivity index (χ0) is 10.5. The normalized spacial score (nSPS) is 45.4. The van der Waals surface area contributed by atoms with Gasteiger partial charge >= 0.3 is 11.9 Å². The predicted octanol–water partition coefficient (Wildman–Crippen LogP) is -0.101. The molecule has 0 radical (unpaired) electrons. The van der Waals surface area contributed by atoms with Gasteiger partial charge in [0.2, 0.25) is 0 Å². The molecule has 2 saturated carbocycles. The molecule has 2 unspecified atom stereocenters. The van der Waals surface area contributed by atoms with Crippen LogP contribution in [-0.2, 0) is 9.59 Å². The van der Waals surface area contributed by atoms with Gasteiger partial charge in [-0.3, -0.25) is 9.59 Å². The Morgan fingerprint density at radius 3 is 1.86 bits per heavy atom. The van der Waals surface area contributed by atoms with Gasteiger partial charge in [0.05, 0.1) is 11.8 Å². The largest absolute Gasteiger partial charge is 0.481 e. The Hall–Kier alpha value is -1.10. The maximum atomic E-state index is 10.9. The highest BCUT2D eigenvalue weighted by Crippen LogP contribution is 2.53. The molecule has 4 N–H and O–H groups in total. The third-order valence-electron chi connectivity index (χ3n) is 3.67. The highest BCUT2D eigenvalue weighted by atomic mass is 16.4. The van der Waals surface area contributed by atoms with Crippen molar-refractivity contribution in [2.75, 3.05) is 0 Å². The van der Waals surface area contributed by atoms with Gasteiger partial charge in [0.1, 0.15) is 0 Å². The molecule has 2 aliphatic carbocycles. The van der Waals surface area contributed by atoms with Crippen LogP contribution in [0.1, 0.15) is 19.3 Å². The lowest BCUT2D eigenvalue weighted by Gasteiger charge is -2.33. The van der Waals surface area contributed by atoms with Crippen molar-refractivity contribution >= 4 is 11.9 Å². The molecule has 2 atom stereocenters. The summed E-state index contributed by atoms with van der Waals surface area (Å²) in [4.78, 5) is 21.8. The number of fused-ring (bicyclic) bond motifs is 2. The van der Waals surface area contributed by atoms with E-state index in [0.29, 0.717) is 19.3 Å². The molecule has 0 aromatic heterocycles. The zero-order valence-electron chi connectivity index (χ0n) is 7.64. The molecule has 2 aliphatic rings. The molecule has 0 aromatic carbocycles. The van der Waals surface area contributed by atoms with E-state index in [-0.39, 0.29) is 5.92 Å². The summed E-state index contributed by atoms with van der Waals surface area (Å²) >= 11 is 0. The van der Waals surface area contributed by atoms with Crippen molar-refractivity contribution < 1.29 is 19.8 Å². The molecule has 0 heterocycles. The summed E-state index contributed by atoms with van der Waals surface area (Å²) in [7, 11) is 0. The van der Waals surface area contributed by atoms with E-state index in [9.17, 15) is 9.59 Å². The van der Waals surface area contributed by atoms with Crippen molar-refractivity contribution in [1.82, 2.24) is 0 Å². The Balaban J connectivity index is 2.29. The summed E-state index contributed by atoms with van der Waals surface area (Å²) in [5.41, 5.74) is 4.92. The van der Waals surface area contributed by atoms with Crippen LogP contribution in [0, 0.1) is 17.8 Å². The summed E-state index contributed by atoms with van der Waals surface area (Å²) in [6.07, 6.45) is 1.62. The van der Waals surface area contributed by atoms with Gasteiger partial charge in [-0.15, -0.1) is 0 Å². The van der Waals surface area contributed by atoms with E-state index in [4.69, 9.17) is 15.9 Å². The number of carbonyl (C=O) groups is 2. The van der Waals surface area contributed by atoms with Crippen molar-refractivity contribution in [3.05, 3.63) is 0 Å². The molecule has 78 valence electrons. The molecule has 0 aromatic rings. The zero-order valence-corrected chi connectivity index (χ0v) is 7.64. The second-order valence-corrected chi connectivity index (χ2v) is 4.44. The molecule has 0 saturated heterocycles. The highest BCUT2D eigenvalue weighted by molar-refractivity contribution is 5.78. The van der Waals surface area contributed by atoms with Crippen LogP contribution in [0.5, 0.6) is 0 Å². The van der Waals surface area contributed by atoms with Gasteiger partial charge in [0.15, 0.2) is 0 Å². The van der Waals surface area contributed by atoms with Gasteiger partial charge in [-0.2, -0.15) is 0 Å². The summed E-state index contributed by atoms with van der Waals surface area (Å²) in [6, 6.07) is 0. The van der Waals surface area contributed by atoms with Gasteiger partial charge in [-0.1, -0.05) is 0 Å². The van der Waals surface area contributed by atoms with Crippen LogP contribution in [0.3, 0.4) is 0 Å². The second kappa shape index (κ2) is 2.70. The van der Waals surface area contributed by atoms with Gasteiger partial charge in [-0.05, 0) is 25.2 Å².